The molecule has 0 radical (unpaired) electrons. The smallest absolute Gasteiger partial charge is 0.326 e. The number of hydrogen-bond acceptors (Lipinski definition) is 8. The minimum atomic E-state index is -4.47. The zero-order valence-electron chi connectivity index (χ0n) is 19.6. The Bertz CT molecular complexity index is 1670. The minimum Gasteiger partial charge on any atom is -0.480 e. The Morgan fingerprint density at radius 1 is 1.08 bits per heavy atom. The number of hydrogen-bond donors (Lipinski definition) is 1. The zero-order valence-corrected chi connectivity index (χ0v) is 20.4. The van der Waals surface area contributed by atoms with E-state index in [1.807, 2.05) is 0 Å². The zero-order chi connectivity index (χ0) is 26.7. The predicted molar refractivity (Wildman–Crippen MR) is 130 cm³/mol. The maximum Gasteiger partial charge on any atom is 0.326 e. The van der Waals surface area contributed by atoms with Gasteiger partial charge in [-0.25, -0.2) is 27.2 Å². The summed E-state index contributed by atoms with van der Waals surface area (Å²) in [6, 6.07) is 8.22. The van der Waals surface area contributed by atoms with Gasteiger partial charge in [0.05, 0.1) is 30.9 Å². The number of nitrogens with zero attached hydrogens (tertiary/aromatic N) is 3. The highest BCUT2D eigenvalue weighted by Gasteiger charge is 2.22. The van der Waals surface area contributed by atoms with Crippen molar-refractivity contribution in [1.82, 2.24) is 14.5 Å². The van der Waals surface area contributed by atoms with Crippen molar-refractivity contribution in [2.75, 3.05) is 18.4 Å². The molecule has 0 amide bonds. The quantitative estimate of drug-likeness (QED) is 0.344. The average Bonchev–Trinajstić information content (AvgIpc) is 2.85. The molecule has 4 rings (SSSR count). The van der Waals surface area contributed by atoms with Crippen LogP contribution in [0.15, 0.2) is 64.7 Å². The summed E-state index contributed by atoms with van der Waals surface area (Å²) in [6.07, 6.45) is 2.64. The molecule has 0 aliphatic heterocycles. The molecular weight excluding hydrogens is 510 g/mol. The lowest BCUT2D eigenvalue weighted by Gasteiger charge is -2.13. The van der Waals surface area contributed by atoms with E-state index in [4.69, 9.17) is 9.47 Å². The third-order valence-electron chi connectivity index (χ3n) is 5.23. The van der Waals surface area contributed by atoms with E-state index in [1.54, 1.807) is 19.1 Å². The highest BCUT2D eigenvalue weighted by atomic mass is 32.2. The molecule has 37 heavy (non-hydrogen) atoms. The van der Waals surface area contributed by atoms with Gasteiger partial charge in [0, 0.05) is 17.8 Å². The van der Waals surface area contributed by atoms with Crippen molar-refractivity contribution in [3.8, 4) is 17.0 Å². The Morgan fingerprint density at radius 3 is 2.57 bits per heavy atom. The molecule has 0 spiro atoms. The number of halogens is 2. The van der Waals surface area contributed by atoms with Crippen molar-refractivity contribution in [1.29, 1.82) is 0 Å². The van der Waals surface area contributed by atoms with Gasteiger partial charge >= 0.3 is 5.97 Å². The van der Waals surface area contributed by atoms with Crippen LogP contribution in [0.2, 0.25) is 0 Å². The third kappa shape index (κ3) is 5.40. The first-order valence-electron chi connectivity index (χ1n) is 10.8. The van der Waals surface area contributed by atoms with Gasteiger partial charge < -0.3 is 9.47 Å². The first-order valence-corrected chi connectivity index (χ1v) is 12.3. The molecule has 0 aliphatic rings. The number of sulfonamides is 1. The summed E-state index contributed by atoms with van der Waals surface area (Å²) in [4.78, 5) is 32.3. The maximum atomic E-state index is 14.1. The number of pyridine rings is 1. The standard InChI is InChI=1S/C24H20F2N4O6S/c1-3-36-22(31)12-30-13-28-19-6-4-14(8-17(19)24(30)32)15-9-20(23(35-2)27-11-15)29-37(33,34)21-7-5-16(25)10-18(21)26/h4-11,13,29H,3,12H2,1-2H3. The molecular formula is C24H20F2N4O6S. The van der Waals surface area contributed by atoms with E-state index >= 15 is 0 Å². The molecule has 192 valence electrons. The maximum absolute atomic E-state index is 14.1. The molecule has 2 aromatic carbocycles. The normalized spacial score (nSPS) is 11.4. The summed E-state index contributed by atoms with van der Waals surface area (Å²) >= 11 is 0. The van der Waals surface area contributed by atoms with Crippen LogP contribution in [-0.4, -0.2) is 42.6 Å². The molecule has 2 heterocycles. The molecule has 13 heteroatoms. The Morgan fingerprint density at radius 2 is 1.86 bits per heavy atom. The second-order valence-corrected chi connectivity index (χ2v) is 9.33. The lowest BCUT2D eigenvalue weighted by molar-refractivity contribution is -0.143. The van der Waals surface area contributed by atoms with E-state index < -0.39 is 38.1 Å². The summed E-state index contributed by atoms with van der Waals surface area (Å²) in [5.41, 5.74) is 0.649. The van der Waals surface area contributed by atoms with Gasteiger partial charge in [-0.05, 0) is 42.8 Å². The number of esters is 1. The van der Waals surface area contributed by atoms with Gasteiger partial charge in [-0.3, -0.25) is 18.9 Å². The summed E-state index contributed by atoms with van der Waals surface area (Å²) in [6.45, 7) is 1.51. The Labute approximate surface area is 209 Å². The highest BCUT2D eigenvalue weighted by molar-refractivity contribution is 7.92. The van der Waals surface area contributed by atoms with E-state index in [1.165, 1.54) is 31.8 Å². The minimum absolute atomic E-state index is 0.103. The number of fused-ring (bicyclic) bond motifs is 1. The number of anilines is 1. The van der Waals surface area contributed by atoms with Gasteiger partial charge in [0.1, 0.15) is 28.8 Å². The van der Waals surface area contributed by atoms with Crippen LogP contribution in [0.1, 0.15) is 6.92 Å². The Kier molecular flexibility index (Phi) is 7.16. The number of nitrogens with one attached hydrogen (secondary N) is 1. The van der Waals surface area contributed by atoms with E-state index in [2.05, 4.69) is 14.7 Å². The monoisotopic (exact) mass is 530 g/mol. The topological polar surface area (TPSA) is 129 Å². The molecule has 0 fully saturated rings. The van der Waals surface area contributed by atoms with Crippen molar-refractivity contribution < 1.29 is 31.5 Å². The van der Waals surface area contributed by atoms with E-state index in [9.17, 15) is 26.8 Å². The first-order chi connectivity index (χ1) is 17.6. The van der Waals surface area contributed by atoms with E-state index in [0.717, 1.165) is 16.7 Å². The highest BCUT2D eigenvalue weighted by Crippen LogP contribution is 2.31. The van der Waals surface area contributed by atoms with Gasteiger partial charge in [0.2, 0.25) is 5.88 Å². The van der Waals surface area contributed by atoms with Crippen LogP contribution in [0.4, 0.5) is 14.5 Å². The second kappa shape index (κ2) is 10.3. The van der Waals surface area contributed by atoms with Crippen LogP contribution in [0.5, 0.6) is 5.88 Å². The lowest BCUT2D eigenvalue weighted by atomic mass is 10.1. The van der Waals surface area contributed by atoms with Crippen molar-refractivity contribution in [3.05, 3.63) is 77.0 Å². The average molecular weight is 531 g/mol. The molecule has 0 aliphatic carbocycles. The largest absolute Gasteiger partial charge is 0.480 e. The van der Waals surface area contributed by atoms with Crippen LogP contribution in [0.25, 0.3) is 22.0 Å². The molecule has 0 unspecified atom stereocenters. The summed E-state index contributed by atoms with van der Waals surface area (Å²) < 4.78 is 66.3. The molecule has 0 saturated carbocycles. The lowest BCUT2D eigenvalue weighted by Crippen LogP contribution is -2.25. The SMILES string of the molecule is CCOC(=O)Cn1cnc2ccc(-c3cnc(OC)c(NS(=O)(=O)c4ccc(F)cc4F)c3)cc2c1=O. The Balaban J connectivity index is 1.74. The Hall–Kier alpha value is -4.39. The fourth-order valence-corrected chi connectivity index (χ4v) is 4.64. The van der Waals surface area contributed by atoms with Gasteiger partial charge in [0.15, 0.2) is 0 Å². The number of benzene rings is 2. The number of carbonyl (C=O) groups is 1. The third-order valence-corrected chi connectivity index (χ3v) is 6.63. The van der Waals surface area contributed by atoms with Crippen LogP contribution in [-0.2, 0) is 26.1 Å². The predicted octanol–water partition coefficient (Wildman–Crippen LogP) is 3.11. The number of aromatic nitrogens is 3. The summed E-state index contributed by atoms with van der Waals surface area (Å²) in [5.74, 6) is -2.88. The first kappa shape index (κ1) is 25.7. The second-order valence-electron chi connectivity index (χ2n) is 7.68. The van der Waals surface area contributed by atoms with Crippen LogP contribution in [0, 0.1) is 11.6 Å². The van der Waals surface area contributed by atoms with Crippen molar-refractivity contribution in [3.63, 3.8) is 0 Å². The van der Waals surface area contributed by atoms with Crippen molar-refractivity contribution >= 4 is 32.6 Å². The molecule has 10 nitrogen and oxygen atoms in total. The molecule has 0 atom stereocenters. The molecule has 1 N–H and O–H groups in total. The van der Waals surface area contributed by atoms with Gasteiger partial charge in [-0.15, -0.1) is 0 Å². The van der Waals surface area contributed by atoms with Crippen molar-refractivity contribution in [2.45, 2.75) is 18.4 Å². The van der Waals surface area contributed by atoms with E-state index in [0.29, 0.717) is 22.7 Å². The summed E-state index contributed by atoms with van der Waals surface area (Å²) in [5, 5.41) is 0.204. The van der Waals surface area contributed by atoms with Crippen LogP contribution in [0.3, 0.4) is 0 Å². The van der Waals surface area contributed by atoms with Crippen LogP contribution < -0.4 is 15.0 Å². The fraction of sp³-hybridized carbons (Fsp3) is 0.167. The van der Waals surface area contributed by atoms with Gasteiger partial charge in [0.25, 0.3) is 15.6 Å². The molecule has 4 aromatic rings. The summed E-state index contributed by atoms with van der Waals surface area (Å²) in [7, 11) is -3.20. The fourth-order valence-electron chi connectivity index (χ4n) is 3.54. The van der Waals surface area contributed by atoms with E-state index in [-0.39, 0.29) is 30.1 Å². The number of rotatable bonds is 8. The number of methoxy groups -OCH3 is 1. The van der Waals surface area contributed by atoms with Gasteiger partial charge in [-0.1, -0.05) is 6.07 Å². The van der Waals surface area contributed by atoms with Crippen molar-refractivity contribution in [2.24, 2.45) is 0 Å². The molecule has 0 saturated heterocycles. The van der Waals surface area contributed by atoms with Crippen LogP contribution >= 0.6 is 0 Å². The van der Waals surface area contributed by atoms with Gasteiger partial charge in [-0.2, -0.15) is 0 Å². The molecule has 0 bridgehead atoms. The molecule has 2 aromatic heterocycles. The number of ether oxygens (including phenoxy) is 2. The number of carbonyl (C=O) groups excluding carboxylic acids is 1.